The molecule has 1 heterocycles. The van der Waals surface area contributed by atoms with Crippen molar-refractivity contribution in [1.82, 2.24) is 9.78 Å². The number of hydrogen-bond acceptors (Lipinski definition) is 3. The number of rotatable bonds is 5. The molecule has 2 aromatic rings. The molecule has 0 saturated carbocycles. The number of amides is 1. The van der Waals surface area contributed by atoms with Gasteiger partial charge in [-0.2, -0.15) is 5.10 Å². The second kappa shape index (κ2) is 6.43. The molecule has 0 aliphatic carbocycles. The molecule has 0 radical (unpaired) electrons. The lowest BCUT2D eigenvalue weighted by atomic mass is 10.2. The topological polar surface area (TPSA) is 59.0 Å². The Morgan fingerprint density at radius 2 is 2.05 bits per heavy atom. The molecule has 0 fully saturated rings. The van der Waals surface area contributed by atoms with Gasteiger partial charge in [0.05, 0.1) is 5.69 Å². The normalized spacial score (nSPS) is 10.7. The Hall–Kier alpha value is -2.30. The van der Waals surface area contributed by atoms with Gasteiger partial charge >= 0.3 is 0 Å². The second-order valence-electron chi connectivity index (χ2n) is 5.49. The molecule has 2 rings (SSSR count). The molecule has 0 aliphatic rings. The molecule has 0 bridgehead atoms. The van der Waals surface area contributed by atoms with Crippen LogP contribution in [-0.2, 0) is 18.4 Å². The molecule has 0 unspecified atom stereocenters. The van der Waals surface area contributed by atoms with Crippen molar-refractivity contribution in [3.8, 4) is 0 Å². The highest BCUT2D eigenvalue weighted by atomic mass is 16.1. The summed E-state index contributed by atoms with van der Waals surface area (Å²) in [5.74, 6) is -0.00471. The fourth-order valence-electron chi connectivity index (χ4n) is 2.01. The van der Waals surface area contributed by atoms with Crippen LogP contribution in [0.4, 0.5) is 11.4 Å². The molecule has 0 atom stereocenters. The van der Waals surface area contributed by atoms with Crippen LogP contribution >= 0.6 is 0 Å². The van der Waals surface area contributed by atoms with Crippen LogP contribution < -0.4 is 10.6 Å². The SMILES string of the molecule is Cc1nn(C)cc1CNc1cccc(NC(=O)C(C)C)c1. The zero-order chi connectivity index (χ0) is 15.4. The van der Waals surface area contributed by atoms with E-state index in [1.807, 2.05) is 63.0 Å². The van der Waals surface area contributed by atoms with Crippen molar-refractivity contribution in [2.24, 2.45) is 13.0 Å². The Balaban J connectivity index is 2.01. The Morgan fingerprint density at radius 1 is 1.33 bits per heavy atom. The largest absolute Gasteiger partial charge is 0.381 e. The number of benzene rings is 1. The van der Waals surface area contributed by atoms with E-state index in [2.05, 4.69) is 15.7 Å². The second-order valence-corrected chi connectivity index (χ2v) is 5.49. The van der Waals surface area contributed by atoms with Gasteiger partial charge in [-0.1, -0.05) is 19.9 Å². The van der Waals surface area contributed by atoms with Crippen molar-refractivity contribution < 1.29 is 4.79 Å². The van der Waals surface area contributed by atoms with Gasteiger partial charge in [0.15, 0.2) is 0 Å². The molecule has 21 heavy (non-hydrogen) atoms. The third kappa shape index (κ3) is 4.08. The first-order chi connectivity index (χ1) is 9.95. The van der Waals surface area contributed by atoms with E-state index in [1.165, 1.54) is 0 Å². The molecule has 1 aromatic heterocycles. The molecule has 2 N–H and O–H groups in total. The molecule has 1 amide bonds. The maximum atomic E-state index is 11.7. The number of nitrogens with zero attached hydrogens (tertiary/aromatic N) is 2. The van der Waals surface area contributed by atoms with Crippen LogP contribution in [0.3, 0.4) is 0 Å². The molecule has 0 aliphatic heterocycles. The van der Waals surface area contributed by atoms with E-state index in [0.717, 1.165) is 22.6 Å². The predicted octanol–water partition coefficient (Wildman–Crippen LogP) is 2.94. The highest BCUT2D eigenvalue weighted by Gasteiger charge is 2.07. The van der Waals surface area contributed by atoms with E-state index in [9.17, 15) is 4.79 Å². The smallest absolute Gasteiger partial charge is 0.226 e. The van der Waals surface area contributed by atoms with E-state index < -0.39 is 0 Å². The predicted molar refractivity (Wildman–Crippen MR) is 85.2 cm³/mol. The summed E-state index contributed by atoms with van der Waals surface area (Å²) in [7, 11) is 1.92. The number of carbonyl (C=O) groups excluding carboxylic acids is 1. The average molecular weight is 286 g/mol. The Labute approximate surface area is 125 Å². The lowest BCUT2D eigenvalue weighted by molar-refractivity contribution is -0.118. The standard InChI is InChI=1S/C16H22N4O/c1-11(2)16(21)18-15-7-5-6-14(8-15)17-9-13-10-20(4)19-12(13)3/h5-8,10-11,17H,9H2,1-4H3,(H,18,21). The average Bonchev–Trinajstić information content (AvgIpc) is 2.75. The van der Waals surface area contributed by atoms with E-state index in [0.29, 0.717) is 6.54 Å². The summed E-state index contributed by atoms with van der Waals surface area (Å²) in [6.45, 7) is 6.46. The van der Waals surface area contributed by atoms with Gasteiger partial charge in [-0.25, -0.2) is 0 Å². The van der Waals surface area contributed by atoms with Crippen LogP contribution in [-0.4, -0.2) is 15.7 Å². The van der Waals surface area contributed by atoms with Gasteiger partial charge in [0.25, 0.3) is 0 Å². The lowest BCUT2D eigenvalue weighted by Gasteiger charge is -2.10. The zero-order valence-electron chi connectivity index (χ0n) is 13.0. The van der Waals surface area contributed by atoms with Gasteiger partial charge in [0.1, 0.15) is 0 Å². The number of anilines is 2. The zero-order valence-corrected chi connectivity index (χ0v) is 13.0. The monoisotopic (exact) mass is 286 g/mol. The summed E-state index contributed by atoms with van der Waals surface area (Å²) < 4.78 is 1.81. The summed E-state index contributed by atoms with van der Waals surface area (Å²) in [6.07, 6.45) is 2.01. The number of hydrogen-bond donors (Lipinski definition) is 2. The molecular formula is C16H22N4O. The van der Waals surface area contributed by atoms with Crippen LogP contribution in [0.15, 0.2) is 30.5 Å². The summed E-state index contributed by atoms with van der Waals surface area (Å²) in [4.78, 5) is 11.7. The highest BCUT2D eigenvalue weighted by Crippen LogP contribution is 2.17. The van der Waals surface area contributed by atoms with Crippen LogP contribution in [0.25, 0.3) is 0 Å². The summed E-state index contributed by atoms with van der Waals surface area (Å²) in [6, 6.07) is 7.73. The van der Waals surface area contributed by atoms with Crippen molar-refractivity contribution in [1.29, 1.82) is 0 Å². The summed E-state index contributed by atoms with van der Waals surface area (Å²) in [5.41, 5.74) is 3.96. The molecule has 1 aromatic carbocycles. The molecule has 5 heteroatoms. The van der Waals surface area contributed by atoms with Crippen molar-refractivity contribution in [3.63, 3.8) is 0 Å². The van der Waals surface area contributed by atoms with Crippen molar-refractivity contribution >= 4 is 17.3 Å². The van der Waals surface area contributed by atoms with Crippen LogP contribution in [0, 0.1) is 12.8 Å². The van der Waals surface area contributed by atoms with Gasteiger partial charge < -0.3 is 10.6 Å². The molecular weight excluding hydrogens is 264 g/mol. The maximum absolute atomic E-state index is 11.7. The van der Waals surface area contributed by atoms with Gasteiger partial charge in [-0.05, 0) is 25.1 Å². The molecule has 5 nitrogen and oxygen atoms in total. The first-order valence-electron chi connectivity index (χ1n) is 7.09. The Kier molecular flexibility index (Phi) is 4.62. The van der Waals surface area contributed by atoms with Crippen LogP contribution in [0.2, 0.25) is 0 Å². The maximum Gasteiger partial charge on any atom is 0.226 e. The van der Waals surface area contributed by atoms with Crippen molar-refractivity contribution in [3.05, 3.63) is 41.7 Å². The Morgan fingerprint density at radius 3 is 2.67 bits per heavy atom. The molecule has 112 valence electrons. The minimum atomic E-state index is -0.0281. The van der Waals surface area contributed by atoms with Gasteiger partial charge in [0, 0.05) is 42.6 Å². The van der Waals surface area contributed by atoms with E-state index in [4.69, 9.17) is 0 Å². The van der Waals surface area contributed by atoms with Crippen LogP contribution in [0.5, 0.6) is 0 Å². The number of carbonyl (C=O) groups is 1. The van der Waals surface area contributed by atoms with E-state index in [1.54, 1.807) is 0 Å². The van der Waals surface area contributed by atoms with E-state index in [-0.39, 0.29) is 11.8 Å². The minimum absolute atomic E-state index is 0.0234. The van der Waals surface area contributed by atoms with Gasteiger partial charge in [0.2, 0.25) is 5.91 Å². The third-order valence-electron chi connectivity index (χ3n) is 3.25. The molecule has 0 saturated heterocycles. The molecule has 0 spiro atoms. The first-order valence-corrected chi connectivity index (χ1v) is 7.09. The fraction of sp³-hybridized carbons (Fsp3) is 0.375. The van der Waals surface area contributed by atoms with E-state index >= 15 is 0 Å². The highest BCUT2D eigenvalue weighted by molar-refractivity contribution is 5.92. The third-order valence-corrected chi connectivity index (χ3v) is 3.25. The van der Waals surface area contributed by atoms with Crippen molar-refractivity contribution in [2.75, 3.05) is 10.6 Å². The number of aryl methyl sites for hydroxylation is 2. The quantitative estimate of drug-likeness (QED) is 0.888. The summed E-state index contributed by atoms with van der Waals surface area (Å²) >= 11 is 0. The first kappa shape index (κ1) is 15.1. The van der Waals surface area contributed by atoms with Gasteiger partial charge in [-0.3, -0.25) is 9.48 Å². The van der Waals surface area contributed by atoms with Crippen LogP contribution in [0.1, 0.15) is 25.1 Å². The van der Waals surface area contributed by atoms with Crippen molar-refractivity contribution in [2.45, 2.75) is 27.3 Å². The minimum Gasteiger partial charge on any atom is -0.381 e. The number of nitrogens with one attached hydrogen (secondary N) is 2. The summed E-state index contributed by atoms with van der Waals surface area (Å²) in [5, 5.41) is 10.6. The van der Waals surface area contributed by atoms with Gasteiger partial charge in [-0.15, -0.1) is 0 Å². The number of aromatic nitrogens is 2. The Bertz CT molecular complexity index is 631. The fourth-order valence-corrected chi connectivity index (χ4v) is 2.01. The lowest BCUT2D eigenvalue weighted by Crippen LogP contribution is -2.17.